The Balaban J connectivity index is 2.31. The molecule has 0 spiro atoms. The summed E-state index contributed by atoms with van der Waals surface area (Å²) in [5, 5.41) is 2.88. The average molecular weight is 280 g/mol. The van der Waals surface area contributed by atoms with Crippen LogP contribution in [0.5, 0.6) is 0 Å². The zero-order chi connectivity index (χ0) is 15.1. The molecule has 3 unspecified atom stereocenters. The third kappa shape index (κ3) is 2.57. The van der Waals surface area contributed by atoms with Gasteiger partial charge in [0.15, 0.2) is 0 Å². The molecule has 0 aromatic carbocycles. The molecule has 1 saturated carbocycles. The van der Waals surface area contributed by atoms with Crippen molar-refractivity contribution in [3.63, 3.8) is 0 Å². The molecule has 114 valence electrons. The van der Waals surface area contributed by atoms with Gasteiger partial charge in [-0.25, -0.2) is 0 Å². The molecule has 2 amide bonds. The Hall–Kier alpha value is -1.06. The number of amides is 2. The van der Waals surface area contributed by atoms with Crippen molar-refractivity contribution in [3.8, 4) is 0 Å². The van der Waals surface area contributed by atoms with Crippen molar-refractivity contribution in [1.29, 1.82) is 0 Å². The molecular formula is C16H28N2O2. The fraction of sp³-hybridized carbons (Fsp3) is 0.875. The number of hydrogen-bond acceptors (Lipinski definition) is 2. The SMILES string of the molecule is CC(C)C1NC(=O)C(C)N(C2CCCCC2(C)C)C1=O. The van der Waals surface area contributed by atoms with Crippen molar-refractivity contribution in [3.05, 3.63) is 0 Å². The highest BCUT2D eigenvalue weighted by Crippen LogP contribution is 2.40. The maximum absolute atomic E-state index is 12.8. The molecule has 1 heterocycles. The van der Waals surface area contributed by atoms with E-state index in [4.69, 9.17) is 0 Å². The third-order valence-corrected chi connectivity index (χ3v) is 5.07. The highest BCUT2D eigenvalue weighted by molar-refractivity contribution is 5.97. The molecule has 20 heavy (non-hydrogen) atoms. The minimum absolute atomic E-state index is 0.00956. The van der Waals surface area contributed by atoms with E-state index in [1.54, 1.807) is 0 Å². The first-order valence-corrected chi connectivity index (χ1v) is 7.88. The number of rotatable bonds is 2. The lowest BCUT2D eigenvalue weighted by molar-refractivity contribution is -0.157. The summed E-state index contributed by atoms with van der Waals surface area (Å²) in [6.45, 7) is 10.3. The van der Waals surface area contributed by atoms with Gasteiger partial charge in [0.2, 0.25) is 11.8 Å². The summed E-state index contributed by atoms with van der Waals surface area (Å²) in [4.78, 5) is 26.9. The summed E-state index contributed by atoms with van der Waals surface area (Å²) < 4.78 is 0. The van der Waals surface area contributed by atoms with Crippen LogP contribution in [-0.2, 0) is 9.59 Å². The zero-order valence-corrected chi connectivity index (χ0v) is 13.4. The number of nitrogens with zero attached hydrogens (tertiary/aromatic N) is 1. The molecular weight excluding hydrogens is 252 g/mol. The second-order valence-electron chi connectivity index (χ2n) is 7.40. The number of carbonyl (C=O) groups excluding carboxylic acids is 2. The van der Waals surface area contributed by atoms with Gasteiger partial charge in [-0.3, -0.25) is 9.59 Å². The van der Waals surface area contributed by atoms with Crippen LogP contribution < -0.4 is 5.32 Å². The van der Waals surface area contributed by atoms with Crippen LogP contribution in [-0.4, -0.2) is 34.8 Å². The molecule has 1 saturated heterocycles. The topological polar surface area (TPSA) is 49.4 Å². The number of hydrogen-bond donors (Lipinski definition) is 1. The van der Waals surface area contributed by atoms with Crippen LogP contribution in [0, 0.1) is 11.3 Å². The Morgan fingerprint density at radius 2 is 1.90 bits per heavy atom. The van der Waals surface area contributed by atoms with E-state index >= 15 is 0 Å². The lowest BCUT2D eigenvalue weighted by Crippen LogP contribution is -2.68. The van der Waals surface area contributed by atoms with E-state index in [1.807, 2.05) is 25.7 Å². The predicted molar refractivity (Wildman–Crippen MR) is 79.1 cm³/mol. The van der Waals surface area contributed by atoms with Gasteiger partial charge in [-0.05, 0) is 31.1 Å². The second kappa shape index (κ2) is 5.38. The van der Waals surface area contributed by atoms with E-state index in [-0.39, 0.29) is 41.3 Å². The van der Waals surface area contributed by atoms with Crippen molar-refractivity contribution in [1.82, 2.24) is 10.2 Å². The molecule has 0 radical (unpaired) electrons. The lowest BCUT2D eigenvalue weighted by atomic mass is 9.71. The Morgan fingerprint density at radius 1 is 1.25 bits per heavy atom. The molecule has 0 bridgehead atoms. The summed E-state index contributed by atoms with van der Waals surface area (Å²) in [6, 6.07) is -0.526. The van der Waals surface area contributed by atoms with Crippen LogP contribution in [0.2, 0.25) is 0 Å². The molecule has 1 aliphatic carbocycles. The van der Waals surface area contributed by atoms with Gasteiger partial charge < -0.3 is 10.2 Å². The molecule has 1 aliphatic heterocycles. The highest BCUT2D eigenvalue weighted by Gasteiger charge is 2.47. The van der Waals surface area contributed by atoms with Crippen molar-refractivity contribution in [2.75, 3.05) is 0 Å². The van der Waals surface area contributed by atoms with Crippen LogP contribution in [0.15, 0.2) is 0 Å². The second-order valence-corrected chi connectivity index (χ2v) is 7.40. The van der Waals surface area contributed by atoms with Crippen molar-refractivity contribution in [2.45, 2.75) is 78.4 Å². The molecule has 0 aromatic heterocycles. The minimum atomic E-state index is -0.364. The van der Waals surface area contributed by atoms with Crippen molar-refractivity contribution < 1.29 is 9.59 Å². The first kappa shape index (κ1) is 15.3. The molecule has 3 atom stereocenters. The summed E-state index contributed by atoms with van der Waals surface area (Å²) in [7, 11) is 0. The number of piperazine rings is 1. The standard InChI is InChI=1S/C16H28N2O2/c1-10(2)13-15(20)18(11(3)14(19)17-13)12-8-6-7-9-16(12,4)5/h10-13H,6-9H2,1-5H3,(H,17,19). The van der Waals surface area contributed by atoms with Gasteiger partial charge in [-0.15, -0.1) is 0 Å². The molecule has 0 aromatic rings. The summed E-state index contributed by atoms with van der Waals surface area (Å²) in [5.41, 5.74) is 0.0985. The van der Waals surface area contributed by atoms with Gasteiger partial charge >= 0.3 is 0 Å². The monoisotopic (exact) mass is 280 g/mol. The zero-order valence-electron chi connectivity index (χ0n) is 13.4. The Bertz CT molecular complexity index is 403. The lowest BCUT2D eigenvalue weighted by Gasteiger charge is -2.50. The third-order valence-electron chi connectivity index (χ3n) is 5.07. The van der Waals surface area contributed by atoms with Crippen molar-refractivity contribution in [2.24, 2.45) is 11.3 Å². The van der Waals surface area contributed by atoms with Gasteiger partial charge in [0, 0.05) is 6.04 Å². The van der Waals surface area contributed by atoms with Gasteiger partial charge in [0.25, 0.3) is 0 Å². The summed E-state index contributed by atoms with van der Waals surface area (Å²) in [6.07, 6.45) is 4.52. The maximum Gasteiger partial charge on any atom is 0.246 e. The summed E-state index contributed by atoms with van der Waals surface area (Å²) in [5.74, 6) is 0.227. The smallest absolute Gasteiger partial charge is 0.246 e. The number of nitrogens with one attached hydrogen (secondary N) is 1. The Labute approximate surface area is 122 Å². The van der Waals surface area contributed by atoms with Crippen LogP contribution in [0.25, 0.3) is 0 Å². The van der Waals surface area contributed by atoms with Gasteiger partial charge in [0.05, 0.1) is 0 Å². The van der Waals surface area contributed by atoms with Gasteiger partial charge in [0.1, 0.15) is 12.1 Å². The normalized spacial score (nSPS) is 34.3. The van der Waals surface area contributed by atoms with Crippen molar-refractivity contribution >= 4 is 11.8 Å². The fourth-order valence-corrected chi connectivity index (χ4v) is 3.68. The Kier molecular flexibility index (Phi) is 4.12. The average Bonchev–Trinajstić information content (AvgIpc) is 2.35. The van der Waals surface area contributed by atoms with Crippen LogP contribution in [0.4, 0.5) is 0 Å². The molecule has 1 N–H and O–H groups in total. The molecule has 2 rings (SSSR count). The van der Waals surface area contributed by atoms with E-state index in [0.29, 0.717) is 0 Å². The highest BCUT2D eigenvalue weighted by atomic mass is 16.2. The largest absolute Gasteiger partial charge is 0.342 e. The van der Waals surface area contributed by atoms with Crippen LogP contribution in [0.1, 0.15) is 60.3 Å². The first-order valence-electron chi connectivity index (χ1n) is 7.88. The molecule has 4 heteroatoms. The van der Waals surface area contributed by atoms with E-state index in [1.165, 1.54) is 6.42 Å². The quantitative estimate of drug-likeness (QED) is 0.844. The Morgan fingerprint density at radius 3 is 2.45 bits per heavy atom. The number of carbonyl (C=O) groups is 2. The van der Waals surface area contributed by atoms with Gasteiger partial charge in [-0.1, -0.05) is 40.5 Å². The predicted octanol–water partition coefficient (Wildman–Crippen LogP) is 2.33. The fourth-order valence-electron chi connectivity index (χ4n) is 3.68. The van der Waals surface area contributed by atoms with Crippen LogP contribution in [0.3, 0.4) is 0 Å². The first-order chi connectivity index (χ1) is 9.25. The van der Waals surface area contributed by atoms with Gasteiger partial charge in [-0.2, -0.15) is 0 Å². The molecule has 2 fully saturated rings. The van der Waals surface area contributed by atoms with E-state index in [2.05, 4.69) is 19.2 Å². The van der Waals surface area contributed by atoms with E-state index < -0.39 is 0 Å². The summed E-state index contributed by atoms with van der Waals surface area (Å²) >= 11 is 0. The maximum atomic E-state index is 12.8. The minimum Gasteiger partial charge on any atom is -0.342 e. The van der Waals surface area contributed by atoms with E-state index in [0.717, 1.165) is 19.3 Å². The molecule has 4 nitrogen and oxygen atoms in total. The molecule has 2 aliphatic rings. The van der Waals surface area contributed by atoms with Crippen LogP contribution >= 0.6 is 0 Å². The van der Waals surface area contributed by atoms with E-state index in [9.17, 15) is 9.59 Å².